The molecule has 1 aliphatic carbocycles. The van der Waals surface area contributed by atoms with Crippen molar-refractivity contribution in [1.29, 1.82) is 0 Å². The lowest BCUT2D eigenvalue weighted by atomic mass is 9.95. The summed E-state index contributed by atoms with van der Waals surface area (Å²) in [6, 6.07) is 0. The largest absolute Gasteiger partial charge is 0.395 e. The minimum atomic E-state index is -3.99. The lowest BCUT2D eigenvalue weighted by Crippen LogP contribution is -2.24. The van der Waals surface area contributed by atoms with E-state index >= 15 is 0 Å². The van der Waals surface area contributed by atoms with Crippen molar-refractivity contribution in [2.75, 3.05) is 0 Å². The lowest BCUT2D eigenvalue weighted by Gasteiger charge is -2.20. The van der Waals surface area contributed by atoms with Gasteiger partial charge < -0.3 is 0 Å². The second-order valence-corrected chi connectivity index (χ2v) is 1.81. The second-order valence-electron chi connectivity index (χ2n) is 1.81. The van der Waals surface area contributed by atoms with Crippen LogP contribution in [0, 0.1) is 5.92 Å². The van der Waals surface area contributed by atoms with E-state index in [9.17, 15) is 13.2 Å². The van der Waals surface area contributed by atoms with E-state index in [0.717, 1.165) is 0 Å². The molecule has 0 aliphatic heterocycles. The van der Waals surface area contributed by atoms with Crippen LogP contribution in [0.15, 0.2) is 12.2 Å². The maximum absolute atomic E-state index is 11.4. The molecule has 0 nitrogen and oxygen atoms in total. The fraction of sp³-hybridized carbons (Fsp3) is 0.600. The molecule has 0 spiro atoms. The molecule has 3 heteroatoms. The van der Waals surface area contributed by atoms with Gasteiger partial charge in [-0.2, -0.15) is 13.2 Å². The summed E-state index contributed by atoms with van der Waals surface area (Å²) in [6.07, 6.45) is -1.11. The Morgan fingerprint density at radius 3 is 1.88 bits per heavy atom. The van der Waals surface area contributed by atoms with E-state index in [2.05, 4.69) is 0 Å². The van der Waals surface area contributed by atoms with Crippen LogP contribution in [0.25, 0.3) is 0 Å². The van der Waals surface area contributed by atoms with Gasteiger partial charge in [-0.05, 0) is 6.42 Å². The maximum Gasteiger partial charge on any atom is 0.395 e. The van der Waals surface area contributed by atoms with Gasteiger partial charge in [0.2, 0.25) is 0 Å². The highest BCUT2D eigenvalue weighted by Gasteiger charge is 2.39. The van der Waals surface area contributed by atoms with Gasteiger partial charge in [0.05, 0.1) is 5.92 Å². The Hall–Kier alpha value is -0.470. The number of halogens is 3. The smallest absolute Gasteiger partial charge is 0.170 e. The number of hydrogen-bond acceptors (Lipinski definition) is 0. The zero-order chi connectivity index (χ0) is 6.20. The molecule has 0 aromatic carbocycles. The first-order chi connectivity index (χ1) is 3.61. The zero-order valence-electron chi connectivity index (χ0n) is 4.07. The van der Waals surface area contributed by atoms with Gasteiger partial charge in [-0.15, -0.1) is 0 Å². The van der Waals surface area contributed by atoms with E-state index in [1.165, 1.54) is 12.2 Å². The Labute approximate surface area is 45.0 Å². The van der Waals surface area contributed by atoms with Gasteiger partial charge in [-0.3, -0.25) is 0 Å². The Morgan fingerprint density at radius 1 is 1.38 bits per heavy atom. The molecule has 0 amide bonds. The standard InChI is InChI=1S/C5H5F3/c6-5(7,8)4-2-1-3-4/h1-2,4H,3H2. The van der Waals surface area contributed by atoms with E-state index in [-0.39, 0.29) is 6.42 Å². The average Bonchev–Trinajstić information content (AvgIpc) is 1.16. The van der Waals surface area contributed by atoms with Gasteiger partial charge >= 0.3 is 6.18 Å². The summed E-state index contributed by atoms with van der Waals surface area (Å²) in [5.74, 6) is -1.15. The normalized spacial score (nSPS) is 27.6. The van der Waals surface area contributed by atoms with Crippen LogP contribution in [0.5, 0.6) is 0 Å². The minimum Gasteiger partial charge on any atom is -0.170 e. The van der Waals surface area contributed by atoms with Crippen LogP contribution in [0.1, 0.15) is 6.42 Å². The van der Waals surface area contributed by atoms with Crippen LogP contribution in [0.2, 0.25) is 0 Å². The van der Waals surface area contributed by atoms with E-state index in [1.807, 2.05) is 0 Å². The molecule has 46 valence electrons. The predicted molar refractivity (Wildman–Crippen MR) is 23.3 cm³/mol. The molecule has 0 saturated heterocycles. The van der Waals surface area contributed by atoms with Crippen LogP contribution in [-0.4, -0.2) is 6.18 Å². The van der Waals surface area contributed by atoms with Crippen molar-refractivity contribution in [3.05, 3.63) is 12.2 Å². The van der Waals surface area contributed by atoms with Crippen molar-refractivity contribution in [3.8, 4) is 0 Å². The first-order valence-electron chi connectivity index (χ1n) is 2.34. The number of rotatable bonds is 0. The number of alkyl halides is 3. The highest BCUT2D eigenvalue weighted by atomic mass is 19.4. The first-order valence-corrected chi connectivity index (χ1v) is 2.34. The van der Waals surface area contributed by atoms with E-state index in [1.54, 1.807) is 0 Å². The monoisotopic (exact) mass is 122 g/mol. The van der Waals surface area contributed by atoms with Gasteiger partial charge in [0.15, 0.2) is 0 Å². The number of allylic oxidation sites excluding steroid dienone is 2. The Kier molecular flexibility index (Phi) is 1.06. The molecule has 0 radical (unpaired) electrons. The second kappa shape index (κ2) is 1.50. The summed E-state index contributed by atoms with van der Waals surface area (Å²) in [5.41, 5.74) is 0. The molecule has 1 atom stereocenters. The molecular weight excluding hydrogens is 117 g/mol. The quantitative estimate of drug-likeness (QED) is 0.432. The number of hydrogen-bond donors (Lipinski definition) is 0. The molecular formula is C5H5F3. The summed E-state index contributed by atoms with van der Waals surface area (Å²) >= 11 is 0. The molecule has 0 saturated carbocycles. The summed E-state index contributed by atoms with van der Waals surface area (Å²) in [5, 5.41) is 0. The molecule has 0 aromatic rings. The zero-order valence-corrected chi connectivity index (χ0v) is 4.07. The van der Waals surface area contributed by atoms with Crippen molar-refractivity contribution in [3.63, 3.8) is 0 Å². The topological polar surface area (TPSA) is 0 Å². The summed E-state index contributed by atoms with van der Waals surface area (Å²) < 4.78 is 34.3. The van der Waals surface area contributed by atoms with Gasteiger partial charge in [0.1, 0.15) is 0 Å². The Bertz CT molecular complexity index is 111. The molecule has 8 heavy (non-hydrogen) atoms. The molecule has 0 aromatic heterocycles. The Balaban J connectivity index is 2.48. The summed E-state index contributed by atoms with van der Waals surface area (Å²) in [6.45, 7) is 0. The molecule has 0 bridgehead atoms. The van der Waals surface area contributed by atoms with Crippen LogP contribution < -0.4 is 0 Å². The molecule has 0 fully saturated rings. The minimum absolute atomic E-state index is 0.170. The van der Waals surface area contributed by atoms with E-state index < -0.39 is 12.1 Å². The van der Waals surface area contributed by atoms with Crippen molar-refractivity contribution in [2.45, 2.75) is 12.6 Å². The van der Waals surface area contributed by atoms with Gasteiger partial charge in [0, 0.05) is 0 Å². The first kappa shape index (κ1) is 5.66. The van der Waals surface area contributed by atoms with Gasteiger partial charge in [-0.25, -0.2) is 0 Å². The van der Waals surface area contributed by atoms with Crippen LogP contribution >= 0.6 is 0 Å². The van der Waals surface area contributed by atoms with E-state index in [0.29, 0.717) is 0 Å². The lowest BCUT2D eigenvalue weighted by molar-refractivity contribution is -0.164. The van der Waals surface area contributed by atoms with Crippen molar-refractivity contribution >= 4 is 0 Å². The highest BCUT2D eigenvalue weighted by Crippen LogP contribution is 2.34. The fourth-order valence-electron chi connectivity index (χ4n) is 0.515. The van der Waals surface area contributed by atoms with E-state index in [4.69, 9.17) is 0 Å². The van der Waals surface area contributed by atoms with Gasteiger partial charge in [-0.1, -0.05) is 12.2 Å². The SMILES string of the molecule is FC(F)(F)C1C=CC1. The highest BCUT2D eigenvalue weighted by molar-refractivity contribution is 5.04. The molecule has 1 rings (SSSR count). The molecule has 0 N–H and O–H groups in total. The van der Waals surface area contributed by atoms with Crippen LogP contribution in [0.3, 0.4) is 0 Å². The fourth-order valence-corrected chi connectivity index (χ4v) is 0.515. The molecule has 0 heterocycles. The van der Waals surface area contributed by atoms with Crippen LogP contribution in [-0.2, 0) is 0 Å². The average molecular weight is 122 g/mol. The third-order valence-corrected chi connectivity index (χ3v) is 1.18. The maximum atomic E-state index is 11.4. The predicted octanol–water partition coefficient (Wildman–Crippen LogP) is 2.12. The van der Waals surface area contributed by atoms with Crippen molar-refractivity contribution in [2.24, 2.45) is 5.92 Å². The van der Waals surface area contributed by atoms with Crippen LogP contribution in [0.4, 0.5) is 13.2 Å². The van der Waals surface area contributed by atoms with Crippen molar-refractivity contribution < 1.29 is 13.2 Å². The molecule has 1 unspecified atom stereocenters. The summed E-state index contributed by atoms with van der Waals surface area (Å²) in [4.78, 5) is 0. The third kappa shape index (κ3) is 0.854. The summed E-state index contributed by atoms with van der Waals surface area (Å²) in [7, 11) is 0. The third-order valence-electron chi connectivity index (χ3n) is 1.18. The van der Waals surface area contributed by atoms with Crippen molar-refractivity contribution in [1.82, 2.24) is 0 Å². The van der Waals surface area contributed by atoms with Gasteiger partial charge in [0.25, 0.3) is 0 Å². The molecule has 1 aliphatic rings. The Morgan fingerprint density at radius 2 is 1.88 bits per heavy atom.